The molecular formula is C14H21NO4. The third-order valence-corrected chi connectivity index (χ3v) is 4.06. The lowest BCUT2D eigenvalue weighted by molar-refractivity contribution is -0.166. The number of carbonyl (C=O) groups is 2. The number of carboxylic acid groups (broad SMARTS) is 1. The molecule has 0 radical (unpaired) electrons. The molecule has 1 amide bonds. The second-order valence-corrected chi connectivity index (χ2v) is 5.66. The molecule has 1 aliphatic carbocycles. The van der Waals surface area contributed by atoms with Gasteiger partial charge in [0.1, 0.15) is 0 Å². The van der Waals surface area contributed by atoms with E-state index < -0.39 is 23.4 Å². The molecule has 2 unspecified atom stereocenters. The van der Waals surface area contributed by atoms with E-state index >= 15 is 0 Å². The number of aliphatic hydroxyl groups is 1. The van der Waals surface area contributed by atoms with Crippen molar-refractivity contribution < 1.29 is 19.8 Å². The molecule has 1 fully saturated rings. The van der Waals surface area contributed by atoms with Crippen molar-refractivity contribution in [3.63, 3.8) is 0 Å². The summed E-state index contributed by atoms with van der Waals surface area (Å²) in [6, 6.07) is 0. The van der Waals surface area contributed by atoms with Gasteiger partial charge in [0.15, 0.2) is 0 Å². The van der Waals surface area contributed by atoms with Gasteiger partial charge in [0.05, 0.1) is 30.5 Å². The number of hydrogen-bond donors (Lipinski definition) is 2. The minimum absolute atomic E-state index is 0.127. The SMILES string of the molecule is CCCC1(O)CN(C(=O)C2CC=CCC2C(=O)O)C1. The van der Waals surface area contributed by atoms with E-state index in [1.165, 1.54) is 0 Å². The first kappa shape index (κ1) is 14.1. The Labute approximate surface area is 112 Å². The van der Waals surface area contributed by atoms with Crippen molar-refractivity contribution in [2.75, 3.05) is 13.1 Å². The Bertz CT molecular complexity index is 398. The molecule has 0 aromatic rings. The first-order valence-corrected chi connectivity index (χ1v) is 6.86. The maximum atomic E-state index is 12.3. The number of β-amino-alcohol motifs (C(OH)–C–C–N with tert-alkyl or cyclic N) is 1. The molecule has 0 bridgehead atoms. The molecule has 1 aliphatic heterocycles. The zero-order chi connectivity index (χ0) is 14.0. The normalized spacial score (nSPS) is 28.8. The summed E-state index contributed by atoms with van der Waals surface area (Å²) < 4.78 is 0. The van der Waals surface area contributed by atoms with Gasteiger partial charge in [-0.15, -0.1) is 0 Å². The molecule has 2 aliphatic rings. The van der Waals surface area contributed by atoms with Crippen molar-refractivity contribution in [2.45, 2.75) is 38.2 Å². The van der Waals surface area contributed by atoms with Crippen molar-refractivity contribution in [3.05, 3.63) is 12.2 Å². The highest BCUT2D eigenvalue weighted by Crippen LogP contribution is 2.32. The lowest BCUT2D eigenvalue weighted by atomic mass is 9.80. The summed E-state index contributed by atoms with van der Waals surface area (Å²) in [6.07, 6.45) is 6.16. The second kappa shape index (κ2) is 5.33. The summed E-state index contributed by atoms with van der Waals surface area (Å²) >= 11 is 0. The molecule has 0 aromatic carbocycles. The molecule has 0 aromatic heterocycles. The zero-order valence-electron chi connectivity index (χ0n) is 11.2. The molecule has 5 heteroatoms. The van der Waals surface area contributed by atoms with Crippen molar-refractivity contribution in [2.24, 2.45) is 11.8 Å². The van der Waals surface area contributed by atoms with Gasteiger partial charge in [-0.25, -0.2) is 0 Å². The van der Waals surface area contributed by atoms with Gasteiger partial charge < -0.3 is 15.1 Å². The van der Waals surface area contributed by atoms with Crippen LogP contribution in [0.1, 0.15) is 32.6 Å². The smallest absolute Gasteiger partial charge is 0.307 e. The highest BCUT2D eigenvalue weighted by atomic mass is 16.4. The lowest BCUT2D eigenvalue weighted by Crippen LogP contribution is -2.64. The first-order chi connectivity index (χ1) is 8.97. The number of allylic oxidation sites excluding steroid dienone is 2. The minimum Gasteiger partial charge on any atom is -0.481 e. The minimum atomic E-state index is -0.910. The predicted molar refractivity (Wildman–Crippen MR) is 69.4 cm³/mol. The molecular weight excluding hydrogens is 246 g/mol. The van der Waals surface area contributed by atoms with Crippen LogP contribution >= 0.6 is 0 Å². The molecule has 2 atom stereocenters. The summed E-state index contributed by atoms with van der Waals surface area (Å²) in [5, 5.41) is 19.2. The largest absolute Gasteiger partial charge is 0.481 e. The third-order valence-electron chi connectivity index (χ3n) is 4.06. The lowest BCUT2D eigenvalue weighted by Gasteiger charge is -2.48. The van der Waals surface area contributed by atoms with E-state index in [9.17, 15) is 14.7 Å². The third kappa shape index (κ3) is 2.81. The van der Waals surface area contributed by atoms with Gasteiger partial charge in [-0.05, 0) is 19.3 Å². The van der Waals surface area contributed by atoms with E-state index in [4.69, 9.17) is 5.11 Å². The monoisotopic (exact) mass is 267 g/mol. The number of rotatable bonds is 4. The average Bonchev–Trinajstić information content (AvgIpc) is 2.35. The van der Waals surface area contributed by atoms with Gasteiger partial charge in [-0.2, -0.15) is 0 Å². The van der Waals surface area contributed by atoms with Crippen LogP contribution in [0, 0.1) is 11.8 Å². The van der Waals surface area contributed by atoms with Crippen LogP contribution < -0.4 is 0 Å². The topological polar surface area (TPSA) is 77.8 Å². The Balaban J connectivity index is 1.97. The van der Waals surface area contributed by atoms with E-state index in [0.29, 0.717) is 32.4 Å². The van der Waals surface area contributed by atoms with Crippen LogP contribution in [0.25, 0.3) is 0 Å². The molecule has 5 nitrogen and oxygen atoms in total. The summed E-state index contributed by atoms with van der Waals surface area (Å²) in [6.45, 7) is 2.67. The number of nitrogens with zero attached hydrogens (tertiary/aromatic N) is 1. The Morgan fingerprint density at radius 1 is 1.26 bits per heavy atom. The second-order valence-electron chi connectivity index (χ2n) is 5.66. The molecule has 2 rings (SSSR count). The Morgan fingerprint density at radius 3 is 2.37 bits per heavy atom. The fourth-order valence-corrected chi connectivity index (χ4v) is 3.04. The van der Waals surface area contributed by atoms with Gasteiger partial charge in [-0.1, -0.05) is 25.5 Å². The van der Waals surface area contributed by atoms with E-state index in [1.54, 1.807) is 4.90 Å². The number of carbonyl (C=O) groups excluding carboxylic acids is 1. The van der Waals surface area contributed by atoms with Gasteiger partial charge in [0.25, 0.3) is 0 Å². The maximum absolute atomic E-state index is 12.3. The summed E-state index contributed by atoms with van der Waals surface area (Å²) in [5.41, 5.74) is -0.756. The van der Waals surface area contributed by atoms with Crippen molar-refractivity contribution in [3.8, 4) is 0 Å². The highest BCUT2D eigenvalue weighted by molar-refractivity contribution is 5.86. The van der Waals surface area contributed by atoms with Crippen LogP contribution in [-0.4, -0.2) is 45.7 Å². The molecule has 1 heterocycles. The molecule has 1 saturated heterocycles. The number of hydrogen-bond acceptors (Lipinski definition) is 3. The molecule has 106 valence electrons. The average molecular weight is 267 g/mol. The predicted octanol–water partition coefficient (Wildman–Crippen LogP) is 1.03. The molecule has 2 N–H and O–H groups in total. The van der Waals surface area contributed by atoms with Gasteiger partial charge in [-0.3, -0.25) is 9.59 Å². The highest BCUT2D eigenvalue weighted by Gasteiger charge is 2.46. The zero-order valence-corrected chi connectivity index (χ0v) is 11.2. The first-order valence-electron chi connectivity index (χ1n) is 6.86. The number of aliphatic carboxylic acids is 1. The van der Waals surface area contributed by atoms with E-state index in [1.807, 2.05) is 19.1 Å². The Kier molecular flexibility index (Phi) is 3.94. The van der Waals surface area contributed by atoms with Crippen LogP contribution in [-0.2, 0) is 9.59 Å². The van der Waals surface area contributed by atoms with Crippen LogP contribution in [0.5, 0.6) is 0 Å². The van der Waals surface area contributed by atoms with Crippen LogP contribution in [0.15, 0.2) is 12.2 Å². The fraction of sp³-hybridized carbons (Fsp3) is 0.714. The van der Waals surface area contributed by atoms with Crippen molar-refractivity contribution >= 4 is 11.9 Å². The quantitative estimate of drug-likeness (QED) is 0.746. The van der Waals surface area contributed by atoms with Crippen LogP contribution in [0.2, 0.25) is 0 Å². The van der Waals surface area contributed by atoms with E-state index in [0.717, 1.165) is 6.42 Å². The summed E-state index contributed by atoms with van der Waals surface area (Å²) in [4.78, 5) is 25.1. The number of likely N-dealkylation sites (tertiary alicyclic amines) is 1. The Hall–Kier alpha value is -1.36. The maximum Gasteiger partial charge on any atom is 0.307 e. The van der Waals surface area contributed by atoms with E-state index in [2.05, 4.69) is 0 Å². The number of amides is 1. The van der Waals surface area contributed by atoms with Gasteiger partial charge in [0.2, 0.25) is 5.91 Å². The Morgan fingerprint density at radius 2 is 1.84 bits per heavy atom. The fourth-order valence-electron chi connectivity index (χ4n) is 3.04. The van der Waals surface area contributed by atoms with Gasteiger partial charge >= 0.3 is 5.97 Å². The standard InChI is InChI=1S/C14H21NO4/c1-2-7-14(19)8-15(9-14)12(16)10-5-3-4-6-11(10)13(17)18/h3-4,10-11,19H,2,5-9H2,1H3,(H,17,18). The van der Waals surface area contributed by atoms with E-state index in [-0.39, 0.29) is 5.91 Å². The summed E-state index contributed by atoms with van der Waals surface area (Å²) in [5.74, 6) is -2.14. The molecule has 19 heavy (non-hydrogen) atoms. The van der Waals surface area contributed by atoms with Crippen LogP contribution in [0.3, 0.4) is 0 Å². The summed E-state index contributed by atoms with van der Waals surface area (Å²) in [7, 11) is 0. The molecule has 0 spiro atoms. The van der Waals surface area contributed by atoms with Crippen LogP contribution in [0.4, 0.5) is 0 Å². The van der Waals surface area contributed by atoms with Crippen molar-refractivity contribution in [1.82, 2.24) is 4.90 Å². The molecule has 0 saturated carbocycles. The van der Waals surface area contributed by atoms with Crippen molar-refractivity contribution in [1.29, 1.82) is 0 Å². The number of carboxylic acids is 1. The van der Waals surface area contributed by atoms with Gasteiger partial charge in [0, 0.05) is 0 Å².